The number of β-amino-alcohol motifs (C(OH)–C–C–N with tert-alkyl or cyclic N) is 1. The Balaban J connectivity index is 1.51. The van der Waals surface area contributed by atoms with Crippen LogP contribution in [0.2, 0.25) is 0 Å². The summed E-state index contributed by atoms with van der Waals surface area (Å²) in [5.74, 6) is 0.306. The van der Waals surface area contributed by atoms with Crippen LogP contribution in [-0.2, 0) is 6.42 Å². The number of nitrogens with one attached hydrogen (secondary N) is 1. The van der Waals surface area contributed by atoms with Crippen LogP contribution >= 0.6 is 0 Å². The molecule has 2 atom stereocenters. The molecule has 0 aromatic carbocycles. The molecular weight excluding hydrogens is 288 g/mol. The molecule has 1 aromatic heterocycles. The van der Waals surface area contributed by atoms with Gasteiger partial charge >= 0.3 is 0 Å². The number of H-pyrrole nitrogens is 1. The summed E-state index contributed by atoms with van der Waals surface area (Å²) in [6.07, 6.45) is 3.34. The van der Waals surface area contributed by atoms with Gasteiger partial charge in [0, 0.05) is 37.8 Å². The molecule has 2 fully saturated rings. The third-order valence-corrected chi connectivity index (χ3v) is 5.21. The van der Waals surface area contributed by atoms with Gasteiger partial charge < -0.3 is 10.0 Å². The number of likely N-dealkylation sites (tertiary alicyclic amines) is 2. The Labute approximate surface area is 140 Å². The van der Waals surface area contributed by atoms with E-state index in [2.05, 4.69) is 39.9 Å². The van der Waals surface area contributed by atoms with Crippen LogP contribution in [0.4, 0.5) is 0 Å². The lowest BCUT2D eigenvalue weighted by atomic mass is 9.92. The number of rotatable bonds is 6. The maximum atomic E-state index is 10.4. The number of hydrogen-bond donors (Lipinski definition) is 2. The van der Waals surface area contributed by atoms with Gasteiger partial charge in [0.2, 0.25) is 0 Å². The van der Waals surface area contributed by atoms with Crippen molar-refractivity contribution in [1.29, 1.82) is 0 Å². The van der Waals surface area contributed by atoms with Crippen molar-refractivity contribution in [3.05, 3.63) is 17.5 Å². The summed E-state index contributed by atoms with van der Waals surface area (Å²) in [5, 5.41) is 17.7. The summed E-state index contributed by atoms with van der Waals surface area (Å²) < 4.78 is 0. The van der Waals surface area contributed by atoms with E-state index in [1.807, 2.05) is 6.92 Å². The smallest absolute Gasteiger partial charge is 0.0711 e. The van der Waals surface area contributed by atoms with Gasteiger partial charge in [-0.1, -0.05) is 13.8 Å². The molecule has 0 saturated carbocycles. The second kappa shape index (κ2) is 6.91. The van der Waals surface area contributed by atoms with Gasteiger partial charge in [-0.2, -0.15) is 5.10 Å². The molecule has 0 bridgehead atoms. The van der Waals surface area contributed by atoms with Crippen molar-refractivity contribution in [1.82, 2.24) is 20.0 Å². The number of aromatic nitrogens is 2. The Morgan fingerprint density at radius 2 is 1.91 bits per heavy atom. The monoisotopic (exact) mass is 320 g/mol. The predicted molar refractivity (Wildman–Crippen MR) is 92.4 cm³/mol. The molecule has 0 radical (unpaired) electrons. The molecular formula is C18H32N4O. The van der Waals surface area contributed by atoms with Gasteiger partial charge in [0.25, 0.3) is 0 Å². The Hall–Kier alpha value is -0.910. The molecule has 2 saturated heterocycles. The van der Waals surface area contributed by atoms with Gasteiger partial charge in [-0.15, -0.1) is 0 Å². The van der Waals surface area contributed by atoms with Crippen LogP contribution in [-0.4, -0.2) is 70.5 Å². The fraction of sp³-hybridized carbons (Fsp3) is 0.833. The Morgan fingerprint density at radius 1 is 1.22 bits per heavy atom. The summed E-state index contributed by atoms with van der Waals surface area (Å²) in [7, 11) is 0. The van der Waals surface area contributed by atoms with Crippen molar-refractivity contribution in [2.24, 2.45) is 11.3 Å². The van der Waals surface area contributed by atoms with E-state index < -0.39 is 0 Å². The molecule has 0 aliphatic carbocycles. The summed E-state index contributed by atoms with van der Waals surface area (Å²) in [5.41, 5.74) is 2.45. The van der Waals surface area contributed by atoms with E-state index in [1.54, 1.807) is 0 Å². The molecule has 2 aliphatic rings. The molecule has 0 spiro atoms. The number of aryl methyl sites for hydroxylation is 1. The second-order valence-electron chi connectivity index (χ2n) is 8.42. The van der Waals surface area contributed by atoms with Crippen LogP contribution in [0.1, 0.15) is 38.1 Å². The highest BCUT2D eigenvalue weighted by Gasteiger charge is 2.35. The van der Waals surface area contributed by atoms with Crippen molar-refractivity contribution in [2.75, 3.05) is 39.3 Å². The van der Waals surface area contributed by atoms with E-state index in [1.165, 1.54) is 32.5 Å². The zero-order valence-corrected chi connectivity index (χ0v) is 14.9. The quantitative estimate of drug-likeness (QED) is 0.837. The van der Waals surface area contributed by atoms with E-state index in [4.69, 9.17) is 0 Å². The first-order chi connectivity index (χ1) is 10.9. The van der Waals surface area contributed by atoms with E-state index in [0.29, 0.717) is 5.92 Å². The van der Waals surface area contributed by atoms with Crippen LogP contribution in [0, 0.1) is 18.3 Å². The van der Waals surface area contributed by atoms with E-state index in [9.17, 15) is 5.11 Å². The lowest BCUT2D eigenvalue weighted by molar-refractivity contribution is 0.123. The average Bonchev–Trinajstić information content (AvgIpc) is 3.14. The Morgan fingerprint density at radius 3 is 2.57 bits per heavy atom. The number of nitrogens with zero attached hydrogens (tertiary/aromatic N) is 3. The maximum absolute atomic E-state index is 10.4. The van der Waals surface area contributed by atoms with E-state index in [-0.39, 0.29) is 11.5 Å². The summed E-state index contributed by atoms with van der Waals surface area (Å²) in [4.78, 5) is 5.04. The van der Waals surface area contributed by atoms with E-state index >= 15 is 0 Å². The van der Waals surface area contributed by atoms with Crippen LogP contribution in [0.25, 0.3) is 0 Å². The predicted octanol–water partition coefficient (Wildman–Crippen LogP) is 1.68. The third kappa shape index (κ3) is 4.55. The van der Waals surface area contributed by atoms with Crippen LogP contribution in [0.15, 0.2) is 6.07 Å². The molecule has 0 amide bonds. The topological polar surface area (TPSA) is 55.4 Å². The normalized spacial score (nSPS) is 27.1. The van der Waals surface area contributed by atoms with Crippen LogP contribution in [0.3, 0.4) is 0 Å². The molecule has 3 rings (SSSR count). The highest BCUT2D eigenvalue weighted by Crippen LogP contribution is 2.27. The van der Waals surface area contributed by atoms with Crippen molar-refractivity contribution in [2.45, 2.75) is 46.1 Å². The molecule has 130 valence electrons. The Bertz CT molecular complexity index is 507. The second-order valence-corrected chi connectivity index (χ2v) is 8.42. The van der Waals surface area contributed by atoms with Crippen LogP contribution < -0.4 is 0 Å². The molecule has 5 nitrogen and oxygen atoms in total. The highest BCUT2D eigenvalue weighted by molar-refractivity contribution is 5.08. The lowest BCUT2D eigenvalue weighted by Crippen LogP contribution is -2.41. The van der Waals surface area contributed by atoms with Crippen molar-refractivity contribution in [3.63, 3.8) is 0 Å². The Kier molecular flexibility index (Phi) is 5.09. The fourth-order valence-electron chi connectivity index (χ4n) is 4.32. The zero-order valence-electron chi connectivity index (χ0n) is 14.9. The van der Waals surface area contributed by atoms with Gasteiger partial charge in [0.15, 0.2) is 0 Å². The van der Waals surface area contributed by atoms with Crippen LogP contribution in [0.5, 0.6) is 0 Å². The zero-order chi connectivity index (χ0) is 16.4. The highest BCUT2D eigenvalue weighted by atomic mass is 16.3. The largest absolute Gasteiger partial charge is 0.391 e. The minimum Gasteiger partial charge on any atom is -0.391 e. The first-order valence-electron chi connectivity index (χ1n) is 9.05. The molecule has 5 heteroatoms. The number of hydrogen-bond acceptors (Lipinski definition) is 4. The van der Waals surface area contributed by atoms with Crippen molar-refractivity contribution >= 4 is 0 Å². The summed E-state index contributed by atoms with van der Waals surface area (Å²) in [6, 6.07) is 2.09. The molecule has 2 N–H and O–H groups in total. The first-order valence-corrected chi connectivity index (χ1v) is 9.05. The maximum Gasteiger partial charge on any atom is 0.0711 e. The molecule has 23 heavy (non-hydrogen) atoms. The molecule has 2 unspecified atom stereocenters. The summed E-state index contributed by atoms with van der Waals surface area (Å²) in [6.45, 7) is 13.3. The van der Waals surface area contributed by atoms with Crippen molar-refractivity contribution in [3.8, 4) is 0 Å². The SMILES string of the molecule is Cc1cc(CC2CN(CC(C)(C)CN3CCCC3)CC2O)n[nH]1. The molecule has 1 aromatic rings. The van der Waals surface area contributed by atoms with Gasteiger partial charge in [-0.05, 0) is 50.8 Å². The lowest BCUT2D eigenvalue weighted by Gasteiger charge is -2.33. The number of aliphatic hydroxyl groups is 1. The van der Waals surface area contributed by atoms with Gasteiger partial charge in [-0.25, -0.2) is 0 Å². The molecule has 3 heterocycles. The standard InChI is InChI=1S/C18H32N4O/c1-14-8-16(20-19-14)9-15-10-22(11-17(15)23)13-18(2,3)12-21-6-4-5-7-21/h8,15,17,23H,4-7,9-13H2,1-3H3,(H,19,20). The van der Waals surface area contributed by atoms with Gasteiger partial charge in [-0.3, -0.25) is 10.00 Å². The average molecular weight is 320 g/mol. The number of aromatic amines is 1. The molecule has 2 aliphatic heterocycles. The minimum atomic E-state index is -0.227. The first kappa shape index (κ1) is 16.9. The van der Waals surface area contributed by atoms with Gasteiger partial charge in [0.1, 0.15) is 0 Å². The van der Waals surface area contributed by atoms with E-state index in [0.717, 1.165) is 37.4 Å². The number of aliphatic hydroxyl groups excluding tert-OH is 1. The fourth-order valence-corrected chi connectivity index (χ4v) is 4.32. The third-order valence-electron chi connectivity index (χ3n) is 5.21. The van der Waals surface area contributed by atoms with Gasteiger partial charge in [0.05, 0.1) is 11.8 Å². The van der Waals surface area contributed by atoms with Crippen molar-refractivity contribution < 1.29 is 5.11 Å². The minimum absolute atomic E-state index is 0.227. The summed E-state index contributed by atoms with van der Waals surface area (Å²) >= 11 is 0.